The molecule has 4 nitrogen and oxygen atoms in total. The average molecular weight is 227 g/mol. The van der Waals surface area contributed by atoms with Gasteiger partial charge in [-0.15, -0.1) is 0 Å². The van der Waals surface area contributed by atoms with E-state index in [0.29, 0.717) is 0 Å². The highest BCUT2D eigenvalue weighted by Gasteiger charge is 2.11. The van der Waals surface area contributed by atoms with Gasteiger partial charge in [-0.1, -0.05) is 6.07 Å². The van der Waals surface area contributed by atoms with Crippen LogP contribution >= 0.6 is 0 Å². The largest absolute Gasteiger partial charge is 0.477 e. The molecule has 0 aliphatic heterocycles. The normalized spacial score (nSPS) is 10.2. The van der Waals surface area contributed by atoms with Crippen LogP contribution < -0.4 is 10.5 Å². The number of hydrogen-bond acceptors (Lipinski definition) is 4. The molecule has 0 bridgehead atoms. The molecule has 0 aliphatic rings. The molecule has 0 atom stereocenters. The Morgan fingerprint density at radius 2 is 2.19 bits per heavy atom. The number of nitrogens with two attached hydrogens (primary N) is 1. The van der Waals surface area contributed by atoms with Crippen molar-refractivity contribution >= 4 is 11.7 Å². The fourth-order valence-electron chi connectivity index (χ4n) is 1.11. The van der Waals surface area contributed by atoms with Crippen molar-refractivity contribution in [2.75, 3.05) is 12.3 Å². The van der Waals surface area contributed by atoms with Crippen molar-refractivity contribution in [2.45, 2.75) is 20.0 Å². The lowest BCUT2D eigenvalue weighted by Gasteiger charge is -2.11. The molecule has 1 aromatic rings. The summed E-state index contributed by atoms with van der Waals surface area (Å²) in [6.45, 7) is 3.08. The van der Waals surface area contributed by atoms with Crippen molar-refractivity contribution in [1.82, 2.24) is 0 Å². The average Bonchev–Trinajstić information content (AvgIpc) is 2.15. The Balaban J connectivity index is 2.58. The predicted octanol–water partition coefficient (Wildman–Crippen LogP) is 1.74. The SMILES string of the molecule is CC(C)OC(=O)COc1c(N)cccc1F. The summed E-state index contributed by atoms with van der Waals surface area (Å²) in [5.41, 5.74) is 5.64. The predicted molar refractivity (Wildman–Crippen MR) is 57.5 cm³/mol. The van der Waals surface area contributed by atoms with Crippen LogP contribution in [0.3, 0.4) is 0 Å². The zero-order chi connectivity index (χ0) is 12.1. The summed E-state index contributed by atoms with van der Waals surface area (Å²) < 4.78 is 23.0. The molecule has 0 aliphatic carbocycles. The van der Waals surface area contributed by atoms with Gasteiger partial charge < -0.3 is 15.2 Å². The van der Waals surface area contributed by atoms with Crippen LogP contribution in [0.25, 0.3) is 0 Å². The van der Waals surface area contributed by atoms with E-state index in [0.717, 1.165) is 0 Å². The number of anilines is 1. The van der Waals surface area contributed by atoms with Crippen LogP contribution in [0.4, 0.5) is 10.1 Å². The second kappa shape index (κ2) is 5.34. The maximum absolute atomic E-state index is 13.2. The van der Waals surface area contributed by atoms with E-state index in [9.17, 15) is 9.18 Å². The number of ether oxygens (including phenoxy) is 2. The molecule has 0 heterocycles. The lowest BCUT2D eigenvalue weighted by Crippen LogP contribution is -2.19. The van der Waals surface area contributed by atoms with Crippen LogP contribution in [0.5, 0.6) is 5.75 Å². The number of carbonyl (C=O) groups is 1. The highest BCUT2D eigenvalue weighted by atomic mass is 19.1. The summed E-state index contributed by atoms with van der Waals surface area (Å²) in [4.78, 5) is 11.1. The van der Waals surface area contributed by atoms with Gasteiger partial charge in [0, 0.05) is 0 Å². The maximum Gasteiger partial charge on any atom is 0.344 e. The van der Waals surface area contributed by atoms with Crippen molar-refractivity contribution < 1.29 is 18.7 Å². The molecule has 0 radical (unpaired) electrons. The number of carbonyl (C=O) groups excluding carboxylic acids is 1. The van der Waals surface area contributed by atoms with Crippen molar-refractivity contribution in [1.29, 1.82) is 0 Å². The molecule has 0 saturated carbocycles. The molecule has 2 N–H and O–H groups in total. The van der Waals surface area contributed by atoms with Crippen LogP contribution in [0, 0.1) is 5.82 Å². The van der Waals surface area contributed by atoms with Crippen molar-refractivity contribution in [3.63, 3.8) is 0 Å². The van der Waals surface area contributed by atoms with Crippen LogP contribution in [0.1, 0.15) is 13.8 Å². The Kier molecular flexibility index (Phi) is 4.10. The first-order valence-electron chi connectivity index (χ1n) is 4.87. The summed E-state index contributed by atoms with van der Waals surface area (Å²) in [5.74, 6) is -1.28. The van der Waals surface area contributed by atoms with Crippen molar-refractivity contribution in [2.24, 2.45) is 0 Å². The van der Waals surface area contributed by atoms with Gasteiger partial charge in [-0.25, -0.2) is 9.18 Å². The number of benzene rings is 1. The summed E-state index contributed by atoms with van der Waals surface area (Å²) in [7, 11) is 0. The van der Waals surface area contributed by atoms with E-state index in [4.69, 9.17) is 15.2 Å². The molecule has 5 heteroatoms. The molecule has 0 unspecified atom stereocenters. The molecule has 16 heavy (non-hydrogen) atoms. The third-order valence-electron chi connectivity index (χ3n) is 1.70. The van der Waals surface area contributed by atoms with E-state index in [1.165, 1.54) is 18.2 Å². The summed E-state index contributed by atoms with van der Waals surface area (Å²) in [6.07, 6.45) is -0.228. The fourth-order valence-corrected chi connectivity index (χ4v) is 1.11. The highest BCUT2D eigenvalue weighted by Crippen LogP contribution is 2.24. The van der Waals surface area contributed by atoms with Gasteiger partial charge in [0.2, 0.25) is 0 Å². The Morgan fingerprint density at radius 3 is 2.75 bits per heavy atom. The van der Waals surface area contributed by atoms with Crippen molar-refractivity contribution in [3.05, 3.63) is 24.0 Å². The molecular formula is C11H14FNO3. The quantitative estimate of drug-likeness (QED) is 0.628. The standard InChI is InChI=1S/C11H14FNO3/c1-7(2)16-10(14)6-15-11-8(12)4-3-5-9(11)13/h3-5,7H,6,13H2,1-2H3. The lowest BCUT2D eigenvalue weighted by molar-refractivity contribution is -0.149. The molecule has 0 spiro atoms. The van der Waals surface area contributed by atoms with Gasteiger partial charge in [0.05, 0.1) is 11.8 Å². The summed E-state index contributed by atoms with van der Waals surface area (Å²) in [5, 5.41) is 0. The highest BCUT2D eigenvalue weighted by molar-refractivity contribution is 5.71. The molecular weight excluding hydrogens is 213 g/mol. The minimum atomic E-state index is -0.600. The molecule has 0 aromatic heterocycles. The third kappa shape index (κ3) is 3.42. The van der Waals surface area contributed by atoms with Gasteiger partial charge in [0.25, 0.3) is 0 Å². The van der Waals surface area contributed by atoms with Crippen LogP contribution in [0.15, 0.2) is 18.2 Å². The molecule has 1 aromatic carbocycles. The van der Waals surface area contributed by atoms with E-state index >= 15 is 0 Å². The zero-order valence-corrected chi connectivity index (χ0v) is 9.20. The number of para-hydroxylation sites is 1. The van der Waals surface area contributed by atoms with Gasteiger partial charge in [-0.05, 0) is 26.0 Å². The van der Waals surface area contributed by atoms with Gasteiger partial charge in [-0.2, -0.15) is 0 Å². The number of nitrogen functional groups attached to an aromatic ring is 1. The lowest BCUT2D eigenvalue weighted by atomic mass is 10.3. The minimum absolute atomic E-state index is 0.122. The van der Waals surface area contributed by atoms with Crippen LogP contribution in [0.2, 0.25) is 0 Å². The first kappa shape index (κ1) is 12.3. The number of halogens is 1. The maximum atomic E-state index is 13.2. The fraction of sp³-hybridized carbons (Fsp3) is 0.364. The van der Waals surface area contributed by atoms with E-state index in [1.54, 1.807) is 13.8 Å². The molecule has 0 saturated heterocycles. The first-order valence-corrected chi connectivity index (χ1v) is 4.87. The summed E-state index contributed by atoms with van der Waals surface area (Å²) >= 11 is 0. The second-order valence-electron chi connectivity index (χ2n) is 3.49. The number of esters is 1. The topological polar surface area (TPSA) is 61.5 Å². The minimum Gasteiger partial charge on any atom is -0.477 e. The zero-order valence-electron chi connectivity index (χ0n) is 9.20. The van der Waals surface area contributed by atoms with Gasteiger partial charge >= 0.3 is 5.97 Å². The molecule has 0 amide bonds. The Labute approximate surface area is 93.2 Å². The van der Waals surface area contributed by atoms with Crippen LogP contribution in [-0.2, 0) is 9.53 Å². The molecule has 1 rings (SSSR count). The third-order valence-corrected chi connectivity index (χ3v) is 1.70. The van der Waals surface area contributed by atoms with E-state index < -0.39 is 11.8 Å². The number of rotatable bonds is 4. The monoisotopic (exact) mass is 227 g/mol. The van der Waals surface area contributed by atoms with E-state index in [1.807, 2.05) is 0 Å². The number of hydrogen-bond donors (Lipinski definition) is 1. The second-order valence-corrected chi connectivity index (χ2v) is 3.49. The van der Waals surface area contributed by atoms with E-state index in [-0.39, 0.29) is 24.1 Å². The van der Waals surface area contributed by atoms with E-state index in [2.05, 4.69) is 0 Å². The molecule has 88 valence electrons. The summed E-state index contributed by atoms with van der Waals surface area (Å²) in [6, 6.07) is 4.16. The smallest absolute Gasteiger partial charge is 0.344 e. The van der Waals surface area contributed by atoms with Gasteiger partial charge in [-0.3, -0.25) is 0 Å². The Morgan fingerprint density at radius 1 is 1.50 bits per heavy atom. The first-order chi connectivity index (χ1) is 7.50. The van der Waals surface area contributed by atoms with Crippen molar-refractivity contribution in [3.8, 4) is 5.75 Å². The molecule has 0 fully saturated rings. The Hall–Kier alpha value is -1.78. The van der Waals surface area contributed by atoms with Crippen LogP contribution in [-0.4, -0.2) is 18.7 Å². The van der Waals surface area contributed by atoms with Gasteiger partial charge in [0.15, 0.2) is 18.2 Å². The Bertz CT molecular complexity index is 359. The van der Waals surface area contributed by atoms with Gasteiger partial charge in [0.1, 0.15) is 0 Å².